The first-order valence-corrected chi connectivity index (χ1v) is 9.80. The number of thiazole rings is 1. The maximum Gasteiger partial charge on any atom is 0.257 e. The third kappa shape index (κ3) is 4.61. The summed E-state index contributed by atoms with van der Waals surface area (Å²) in [5.41, 5.74) is 2.15. The van der Waals surface area contributed by atoms with Crippen molar-refractivity contribution in [3.63, 3.8) is 0 Å². The van der Waals surface area contributed by atoms with Crippen molar-refractivity contribution in [2.45, 2.75) is 19.3 Å². The van der Waals surface area contributed by atoms with E-state index in [1.165, 1.54) is 23.5 Å². The van der Waals surface area contributed by atoms with Gasteiger partial charge in [-0.25, -0.2) is 9.37 Å². The van der Waals surface area contributed by atoms with E-state index < -0.39 is 0 Å². The first kappa shape index (κ1) is 18.3. The molecule has 2 aromatic carbocycles. The van der Waals surface area contributed by atoms with Gasteiger partial charge < -0.3 is 5.32 Å². The number of halogens is 1. The number of hydrogen-bond acceptors (Lipinski definition) is 4. The smallest absolute Gasteiger partial charge is 0.257 e. The number of nitrogens with zero attached hydrogens (tertiary/aromatic N) is 1. The van der Waals surface area contributed by atoms with Gasteiger partial charge in [0.2, 0.25) is 5.91 Å². The average Bonchev–Trinajstić information content (AvgIpc) is 3.46. The van der Waals surface area contributed by atoms with Crippen molar-refractivity contribution in [1.82, 2.24) is 4.98 Å². The van der Waals surface area contributed by atoms with Gasteiger partial charge in [-0.2, -0.15) is 0 Å². The van der Waals surface area contributed by atoms with Crippen LogP contribution in [0.1, 0.15) is 33.6 Å². The predicted molar refractivity (Wildman–Crippen MR) is 107 cm³/mol. The number of carbonyl (C=O) groups excluding carboxylic acids is 2. The highest BCUT2D eigenvalue weighted by molar-refractivity contribution is 7.15. The highest BCUT2D eigenvalue weighted by Gasteiger charge is 2.29. The van der Waals surface area contributed by atoms with Crippen molar-refractivity contribution in [2.75, 3.05) is 10.6 Å². The normalized spacial score (nSPS) is 13.2. The number of amides is 2. The monoisotopic (exact) mass is 395 g/mol. The van der Waals surface area contributed by atoms with Crippen molar-refractivity contribution in [2.24, 2.45) is 5.92 Å². The van der Waals surface area contributed by atoms with Crippen LogP contribution >= 0.6 is 11.3 Å². The lowest BCUT2D eigenvalue weighted by Crippen LogP contribution is -2.14. The first-order valence-electron chi connectivity index (χ1n) is 8.98. The Morgan fingerprint density at radius 1 is 1.04 bits per heavy atom. The molecule has 0 unspecified atom stereocenters. The summed E-state index contributed by atoms with van der Waals surface area (Å²) in [7, 11) is 0. The van der Waals surface area contributed by atoms with Gasteiger partial charge in [0.05, 0.1) is 0 Å². The molecule has 2 N–H and O–H groups in total. The Morgan fingerprint density at radius 2 is 1.75 bits per heavy atom. The quantitative estimate of drug-likeness (QED) is 0.647. The van der Waals surface area contributed by atoms with Gasteiger partial charge in [0.25, 0.3) is 5.91 Å². The Hall–Kier alpha value is -3.06. The fourth-order valence-corrected chi connectivity index (χ4v) is 3.56. The van der Waals surface area contributed by atoms with E-state index >= 15 is 0 Å². The summed E-state index contributed by atoms with van der Waals surface area (Å²) in [6.45, 7) is 0. The Bertz CT molecular complexity index is 995. The van der Waals surface area contributed by atoms with E-state index in [0.717, 1.165) is 23.3 Å². The van der Waals surface area contributed by atoms with E-state index in [2.05, 4.69) is 15.6 Å². The number of nitrogens with one attached hydrogen (secondary N) is 2. The Balaban J connectivity index is 1.34. The molecule has 5 nitrogen and oxygen atoms in total. The summed E-state index contributed by atoms with van der Waals surface area (Å²) in [4.78, 5) is 29.4. The number of rotatable bonds is 6. The molecule has 1 heterocycles. The van der Waals surface area contributed by atoms with Crippen LogP contribution in [0.4, 0.5) is 15.2 Å². The molecule has 1 aliphatic carbocycles. The molecule has 2 amide bonds. The minimum atomic E-state index is -0.265. The predicted octanol–water partition coefficient (Wildman–Crippen LogP) is 4.47. The first-order chi connectivity index (χ1) is 13.6. The topological polar surface area (TPSA) is 71.1 Å². The van der Waals surface area contributed by atoms with E-state index in [1.807, 2.05) is 0 Å². The zero-order chi connectivity index (χ0) is 19.5. The van der Waals surface area contributed by atoms with Crippen LogP contribution in [-0.4, -0.2) is 16.8 Å². The Morgan fingerprint density at radius 3 is 2.43 bits per heavy atom. The van der Waals surface area contributed by atoms with Gasteiger partial charge in [-0.1, -0.05) is 12.1 Å². The third-order valence-corrected chi connectivity index (χ3v) is 5.34. The minimum absolute atomic E-state index is 0.0358. The maximum atomic E-state index is 13.0. The van der Waals surface area contributed by atoms with Crippen LogP contribution in [0.3, 0.4) is 0 Å². The Labute approximate surface area is 165 Å². The molecule has 1 aliphatic rings. The number of benzene rings is 2. The number of hydrogen-bond donors (Lipinski definition) is 2. The van der Waals surface area contributed by atoms with Crippen LogP contribution < -0.4 is 10.6 Å². The second kappa shape index (κ2) is 7.90. The second-order valence-electron chi connectivity index (χ2n) is 6.73. The summed E-state index contributed by atoms with van der Waals surface area (Å²) < 4.78 is 13.0. The second-order valence-corrected chi connectivity index (χ2v) is 7.85. The third-order valence-electron chi connectivity index (χ3n) is 4.43. The molecule has 3 aromatic rings. The van der Waals surface area contributed by atoms with Crippen LogP contribution in [0, 0.1) is 11.7 Å². The lowest BCUT2D eigenvalue weighted by atomic mass is 10.1. The molecule has 0 atom stereocenters. The summed E-state index contributed by atoms with van der Waals surface area (Å²) >= 11 is 1.38. The van der Waals surface area contributed by atoms with Gasteiger partial charge in [0, 0.05) is 34.7 Å². The number of carbonyl (C=O) groups is 2. The van der Waals surface area contributed by atoms with Crippen LogP contribution in [-0.2, 0) is 11.2 Å². The molecule has 7 heteroatoms. The summed E-state index contributed by atoms with van der Waals surface area (Å²) in [6, 6.07) is 13.1. The number of anilines is 2. The molecular weight excluding hydrogens is 377 g/mol. The standard InChI is InChI=1S/C21H18FN3O2S/c22-16-7-1-13(2-8-16)11-18-12-23-21(28-18)25-20(27)15-5-9-17(10-6-15)24-19(26)14-3-4-14/h1-2,5-10,12,14H,3-4,11H2,(H,24,26)(H,23,25,27). The van der Waals surface area contributed by atoms with Gasteiger partial charge >= 0.3 is 0 Å². The van der Waals surface area contributed by atoms with Crippen molar-refractivity contribution in [3.05, 3.63) is 76.5 Å². The molecular formula is C21H18FN3O2S. The molecule has 0 spiro atoms. The summed E-state index contributed by atoms with van der Waals surface area (Å²) in [6.07, 6.45) is 4.23. The molecule has 0 radical (unpaired) electrons. The molecule has 4 rings (SSSR count). The van der Waals surface area contributed by atoms with E-state index in [-0.39, 0.29) is 23.5 Å². The minimum Gasteiger partial charge on any atom is -0.326 e. The fourth-order valence-electron chi connectivity index (χ4n) is 2.71. The van der Waals surface area contributed by atoms with E-state index in [1.54, 1.807) is 42.6 Å². The van der Waals surface area contributed by atoms with Crippen molar-refractivity contribution in [3.8, 4) is 0 Å². The Kier molecular flexibility index (Phi) is 5.16. The van der Waals surface area contributed by atoms with Crippen LogP contribution in [0.5, 0.6) is 0 Å². The van der Waals surface area contributed by atoms with Gasteiger partial charge in [-0.15, -0.1) is 11.3 Å². The maximum absolute atomic E-state index is 13.0. The van der Waals surface area contributed by atoms with E-state index in [4.69, 9.17) is 0 Å². The molecule has 0 aliphatic heterocycles. The molecule has 1 saturated carbocycles. The van der Waals surface area contributed by atoms with Gasteiger partial charge in [0.1, 0.15) is 5.82 Å². The SMILES string of the molecule is O=C(Nc1ncc(Cc2ccc(F)cc2)s1)c1ccc(NC(=O)C2CC2)cc1. The summed E-state index contributed by atoms with van der Waals surface area (Å²) in [5, 5.41) is 6.14. The zero-order valence-corrected chi connectivity index (χ0v) is 15.8. The molecule has 0 saturated heterocycles. The van der Waals surface area contributed by atoms with E-state index in [9.17, 15) is 14.0 Å². The summed E-state index contributed by atoms with van der Waals surface area (Å²) in [5.74, 6) is -0.354. The van der Waals surface area contributed by atoms with Crippen LogP contribution in [0.15, 0.2) is 54.7 Å². The van der Waals surface area contributed by atoms with Gasteiger partial charge in [0.15, 0.2) is 5.13 Å². The van der Waals surface area contributed by atoms with Crippen LogP contribution in [0.2, 0.25) is 0 Å². The van der Waals surface area contributed by atoms with E-state index in [0.29, 0.717) is 22.8 Å². The van der Waals surface area contributed by atoms with Crippen molar-refractivity contribution in [1.29, 1.82) is 0 Å². The highest BCUT2D eigenvalue weighted by Crippen LogP contribution is 2.30. The lowest BCUT2D eigenvalue weighted by molar-refractivity contribution is -0.117. The van der Waals surface area contributed by atoms with Crippen LogP contribution in [0.25, 0.3) is 0 Å². The lowest BCUT2D eigenvalue weighted by Gasteiger charge is -2.06. The van der Waals surface area contributed by atoms with Gasteiger partial charge in [-0.3, -0.25) is 14.9 Å². The largest absolute Gasteiger partial charge is 0.326 e. The molecule has 1 aromatic heterocycles. The number of aromatic nitrogens is 1. The van der Waals surface area contributed by atoms with Gasteiger partial charge in [-0.05, 0) is 54.8 Å². The molecule has 1 fully saturated rings. The van der Waals surface area contributed by atoms with Crippen molar-refractivity contribution >= 4 is 34.0 Å². The zero-order valence-electron chi connectivity index (χ0n) is 14.9. The highest BCUT2D eigenvalue weighted by atomic mass is 32.1. The fraction of sp³-hybridized carbons (Fsp3) is 0.190. The molecule has 0 bridgehead atoms. The van der Waals surface area contributed by atoms with Crippen molar-refractivity contribution < 1.29 is 14.0 Å². The molecule has 142 valence electrons. The molecule has 28 heavy (non-hydrogen) atoms. The average molecular weight is 395 g/mol.